The monoisotopic (exact) mass is 275 g/mol. The molecule has 0 rings (SSSR count). The number of ether oxygens (including phenoxy) is 1. The summed E-state index contributed by atoms with van der Waals surface area (Å²) in [6, 6.07) is 0. The predicted octanol–water partition coefficient (Wildman–Crippen LogP) is -8.61. The molecule has 0 spiro atoms. The van der Waals surface area contributed by atoms with Gasteiger partial charge in [-0.2, -0.15) is 0 Å². The number of hydrogen-bond acceptors (Lipinski definition) is 6. The summed E-state index contributed by atoms with van der Waals surface area (Å²) in [5, 5.41) is 20.6. The second kappa shape index (κ2) is 15.7. The molecule has 0 aromatic rings. The summed E-state index contributed by atoms with van der Waals surface area (Å²) in [6.07, 6.45) is 2.13. The van der Waals surface area contributed by atoms with Crippen LogP contribution in [0.25, 0.3) is 0 Å². The fourth-order valence-corrected chi connectivity index (χ4v) is 1.14. The van der Waals surface area contributed by atoms with Crippen molar-refractivity contribution in [1.82, 2.24) is 4.90 Å². The normalized spacial score (nSPS) is 9.17. The van der Waals surface area contributed by atoms with Gasteiger partial charge in [-0.25, -0.2) is 0 Å². The fourth-order valence-electron chi connectivity index (χ4n) is 1.14. The zero-order valence-corrected chi connectivity index (χ0v) is 15.0. The van der Waals surface area contributed by atoms with E-state index in [-0.39, 0.29) is 59.1 Å². The van der Waals surface area contributed by atoms with Crippen molar-refractivity contribution in [1.29, 1.82) is 0 Å². The van der Waals surface area contributed by atoms with Gasteiger partial charge >= 0.3 is 59.1 Å². The molecule has 0 fully saturated rings. The van der Waals surface area contributed by atoms with Gasteiger partial charge in [0.25, 0.3) is 0 Å². The maximum atomic E-state index is 10.3. The molecule has 8 heteroatoms. The van der Waals surface area contributed by atoms with E-state index < -0.39 is 25.0 Å². The van der Waals surface area contributed by atoms with Crippen LogP contribution in [0.2, 0.25) is 0 Å². The maximum absolute atomic E-state index is 10.3. The zero-order valence-electron chi connectivity index (χ0n) is 11.0. The van der Waals surface area contributed by atoms with Crippen LogP contribution in [0.1, 0.15) is 6.42 Å². The fraction of sp³-hybridized carbons (Fsp3) is 0.600. The average Bonchev–Trinajstić information content (AvgIpc) is 2.15. The number of aliphatic carboxylic acids is 2. The van der Waals surface area contributed by atoms with E-state index in [1.165, 1.54) is 4.90 Å². The van der Waals surface area contributed by atoms with Crippen LogP contribution in [0.3, 0.4) is 0 Å². The standard InChI is InChI=1S/C10H17NO5.2Na/c1-2-5-16-6-3-4-11(7-9(12)13)8-10(14)15;;/h2H,1,3-8H2,(H,12,13)(H,14,15);;/q;2*+1/p-2. The first-order valence-electron chi connectivity index (χ1n) is 4.87. The van der Waals surface area contributed by atoms with Gasteiger partial charge in [0.05, 0.1) is 18.5 Å². The van der Waals surface area contributed by atoms with Crippen LogP contribution in [-0.2, 0) is 14.3 Å². The van der Waals surface area contributed by atoms with E-state index >= 15 is 0 Å². The number of carboxylic acids is 2. The molecule has 6 nitrogen and oxygen atoms in total. The van der Waals surface area contributed by atoms with Crippen molar-refractivity contribution >= 4 is 11.9 Å². The molecule has 0 N–H and O–H groups in total. The summed E-state index contributed by atoms with van der Waals surface area (Å²) >= 11 is 0. The molecule has 0 aliphatic rings. The molecule has 0 atom stereocenters. The molecular weight excluding hydrogens is 260 g/mol. The van der Waals surface area contributed by atoms with E-state index in [1.54, 1.807) is 6.08 Å². The van der Waals surface area contributed by atoms with Crippen molar-refractivity contribution < 1.29 is 83.7 Å². The predicted molar refractivity (Wildman–Crippen MR) is 52.1 cm³/mol. The minimum Gasteiger partial charge on any atom is -0.549 e. The summed E-state index contributed by atoms with van der Waals surface area (Å²) < 4.78 is 5.07. The van der Waals surface area contributed by atoms with E-state index in [2.05, 4.69) is 6.58 Å². The van der Waals surface area contributed by atoms with Gasteiger partial charge in [-0.05, 0) is 6.42 Å². The van der Waals surface area contributed by atoms with Gasteiger partial charge in [0.1, 0.15) is 0 Å². The van der Waals surface area contributed by atoms with E-state index in [4.69, 9.17) is 4.74 Å². The van der Waals surface area contributed by atoms with Crippen LogP contribution in [0.4, 0.5) is 0 Å². The van der Waals surface area contributed by atoms with Crippen molar-refractivity contribution in [3.8, 4) is 0 Å². The number of carbonyl (C=O) groups is 2. The van der Waals surface area contributed by atoms with Crippen LogP contribution in [0.15, 0.2) is 12.7 Å². The number of carboxylic acid groups (broad SMARTS) is 2. The molecule has 0 aromatic heterocycles. The van der Waals surface area contributed by atoms with Crippen molar-refractivity contribution in [2.75, 3.05) is 32.8 Å². The smallest absolute Gasteiger partial charge is 0.549 e. The van der Waals surface area contributed by atoms with Gasteiger partial charge < -0.3 is 24.5 Å². The molecule has 92 valence electrons. The Morgan fingerprint density at radius 2 is 1.67 bits per heavy atom. The Morgan fingerprint density at radius 3 is 2.06 bits per heavy atom. The summed E-state index contributed by atoms with van der Waals surface area (Å²) in [5.74, 6) is -2.62. The molecule has 0 unspecified atom stereocenters. The quantitative estimate of drug-likeness (QED) is 0.223. The second-order valence-corrected chi connectivity index (χ2v) is 3.17. The number of nitrogens with zero attached hydrogens (tertiary/aromatic N) is 1. The molecule has 18 heavy (non-hydrogen) atoms. The van der Waals surface area contributed by atoms with Gasteiger partial charge in [0.15, 0.2) is 0 Å². The molecule has 0 aromatic carbocycles. The minimum absolute atomic E-state index is 0. The van der Waals surface area contributed by atoms with Gasteiger partial charge in [-0.15, -0.1) is 6.58 Å². The Morgan fingerprint density at radius 1 is 1.17 bits per heavy atom. The molecule has 0 aliphatic carbocycles. The first-order chi connectivity index (χ1) is 7.56. The summed E-state index contributed by atoms with van der Waals surface area (Å²) in [6.45, 7) is 3.76. The van der Waals surface area contributed by atoms with E-state index in [9.17, 15) is 19.8 Å². The summed E-state index contributed by atoms with van der Waals surface area (Å²) in [5.41, 5.74) is 0. The molecule has 0 saturated heterocycles. The van der Waals surface area contributed by atoms with Crippen LogP contribution in [-0.4, -0.2) is 49.7 Å². The van der Waals surface area contributed by atoms with Crippen LogP contribution in [0.5, 0.6) is 0 Å². The van der Waals surface area contributed by atoms with Crippen LogP contribution < -0.4 is 69.3 Å². The van der Waals surface area contributed by atoms with E-state index in [0.717, 1.165) is 0 Å². The Hall–Kier alpha value is 0.600. The van der Waals surface area contributed by atoms with Gasteiger partial charge in [0.2, 0.25) is 0 Å². The van der Waals surface area contributed by atoms with Crippen molar-refractivity contribution in [3.05, 3.63) is 12.7 Å². The van der Waals surface area contributed by atoms with Crippen molar-refractivity contribution in [3.63, 3.8) is 0 Å². The molecule has 0 amide bonds. The average molecular weight is 275 g/mol. The van der Waals surface area contributed by atoms with E-state index in [0.29, 0.717) is 26.2 Å². The summed E-state index contributed by atoms with van der Waals surface area (Å²) in [4.78, 5) is 21.9. The van der Waals surface area contributed by atoms with Gasteiger partial charge in [0, 0.05) is 26.2 Å². The van der Waals surface area contributed by atoms with Crippen LogP contribution >= 0.6 is 0 Å². The maximum Gasteiger partial charge on any atom is 1.00 e. The molecular formula is C10H15NNa2O5. The minimum atomic E-state index is -1.31. The zero-order chi connectivity index (χ0) is 12.4. The molecule has 0 heterocycles. The van der Waals surface area contributed by atoms with Crippen molar-refractivity contribution in [2.24, 2.45) is 0 Å². The third-order valence-electron chi connectivity index (χ3n) is 1.70. The topological polar surface area (TPSA) is 92.7 Å². The third kappa shape index (κ3) is 16.6. The number of carbonyl (C=O) groups excluding carboxylic acids is 2. The summed E-state index contributed by atoms with van der Waals surface area (Å²) in [7, 11) is 0. The number of hydrogen-bond donors (Lipinski definition) is 0. The number of rotatable bonds is 10. The first kappa shape index (κ1) is 23.7. The molecule has 0 bridgehead atoms. The largest absolute Gasteiger partial charge is 1.00 e. The third-order valence-corrected chi connectivity index (χ3v) is 1.70. The Kier molecular flexibility index (Phi) is 20.6. The van der Waals surface area contributed by atoms with Crippen molar-refractivity contribution in [2.45, 2.75) is 6.42 Å². The molecule has 0 aliphatic heterocycles. The first-order valence-corrected chi connectivity index (χ1v) is 4.87. The second-order valence-electron chi connectivity index (χ2n) is 3.17. The van der Waals surface area contributed by atoms with Gasteiger partial charge in [-0.3, -0.25) is 4.90 Å². The van der Waals surface area contributed by atoms with Gasteiger partial charge in [-0.1, -0.05) is 6.08 Å². The Bertz CT molecular complexity index is 234. The Labute approximate surface area is 151 Å². The SMILES string of the molecule is C=CCOCCCN(CC(=O)[O-])CC(=O)[O-].[Na+].[Na+]. The van der Waals surface area contributed by atoms with E-state index in [1.807, 2.05) is 0 Å². The molecule has 0 saturated carbocycles. The Balaban J connectivity index is -0.00000112. The molecule has 0 radical (unpaired) electrons. The van der Waals surface area contributed by atoms with Crippen LogP contribution in [0, 0.1) is 0 Å².